The van der Waals surface area contributed by atoms with Crippen molar-refractivity contribution in [3.63, 3.8) is 0 Å². The lowest BCUT2D eigenvalue weighted by atomic mass is 10.0. The van der Waals surface area contributed by atoms with Gasteiger partial charge in [-0.05, 0) is 26.3 Å². The molecule has 0 heterocycles. The maximum atomic E-state index is 5.92. The van der Waals surface area contributed by atoms with Gasteiger partial charge in [0.2, 0.25) is 0 Å². The molecule has 0 aromatic carbocycles. The highest BCUT2D eigenvalue weighted by Crippen LogP contribution is 2.32. The van der Waals surface area contributed by atoms with Gasteiger partial charge in [-0.25, -0.2) is 0 Å². The molecule has 2 heteroatoms. The predicted molar refractivity (Wildman–Crippen MR) is 51.4 cm³/mol. The molecule has 0 aromatic heterocycles. The Morgan fingerprint density at radius 2 is 2.00 bits per heavy atom. The van der Waals surface area contributed by atoms with Gasteiger partial charge in [0.05, 0.1) is 5.60 Å². The van der Waals surface area contributed by atoms with Gasteiger partial charge in [0.1, 0.15) is 0 Å². The van der Waals surface area contributed by atoms with Crippen molar-refractivity contribution in [3.8, 4) is 0 Å². The van der Waals surface area contributed by atoms with Crippen LogP contribution in [0.4, 0.5) is 0 Å². The lowest BCUT2D eigenvalue weighted by Gasteiger charge is -2.29. The Labute approximate surface area is 75.7 Å². The first-order valence-electron chi connectivity index (χ1n) is 5.11. The summed E-state index contributed by atoms with van der Waals surface area (Å²) in [5.41, 5.74) is 0.185. The second-order valence-electron chi connectivity index (χ2n) is 3.77. The number of hydrogen-bond donors (Lipinski definition) is 1. The van der Waals surface area contributed by atoms with E-state index in [-0.39, 0.29) is 5.60 Å². The van der Waals surface area contributed by atoms with Crippen LogP contribution >= 0.6 is 0 Å². The van der Waals surface area contributed by atoms with Gasteiger partial charge in [0.25, 0.3) is 0 Å². The summed E-state index contributed by atoms with van der Waals surface area (Å²) in [6.45, 7) is 4.11. The lowest BCUT2D eigenvalue weighted by molar-refractivity contribution is -0.0378. The molecular formula is C10H21NO. The standard InChI is InChI=1S/C10H21NO/c1-3-8-12-10(9-11-2)6-4-5-7-10/h11H,3-9H2,1-2H3. The third-order valence-corrected chi connectivity index (χ3v) is 2.63. The van der Waals surface area contributed by atoms with Gasteiger partial charge in [-0.1, -0.05) is 19.8 Å². The fraction of sp³-hybridized carbons (Fsp3) is 1.00. The Morgan fingerprint density at radius 1 is 1.33 bits per heavy atom. The Morgan fingerprint density at radius 3 is 2.50 bits per heavy atom. The zero-order valence-electron chi connectivity index (χ0n) is 8.36. The van der Waals surface area contributed by atoms with Crippen molar-refractivity contribution in [2.75, 3.05) is 20.2 Å². The minimum absolute atomic E-state index is 0.185. The fourth-order valence-corrected chi connectivity index (χ4v) is 2.03. The normalized spacial score (nSPS) is 21.5. The van der Waals surface area contributed by atoms with Crippen LogP contribution in [0.25, 0.3) is 0 Å². The second kappa shape index (κ2) is 4.83. The van der Waals surface area contributed by atoms with E-state index in [2.05, 4.69) is 12.2 Å². The van der Waals surface area contributed by atoms with Crippen molar-refractivity contribution in [2.24, 2.45) is 0 Å². The molecule has 1 saturated carbocycles. The smallest absolute Gasteiger partial charge is 0.0806 e. The third kappa shape index (κ3) is 2.46. The molecular weight excluding hydrogens is 150 g/mol. The van der Waals surface area contributed by atoms with E-state index in [1.807, 2.05) is 7.05 Å². The maximum absolute atomic E-state index is 5.92. The van der Waals surface area contributed by atoms with Crippen molar-refractivity contribution < 1.29 is 4.74 Å². The summed E-state index contributed by atoms with van der Waals surface area (Å²) in [5.74, 6) is 0. The summed E-state index contributed by atoms with van der Waals surface area (Å²) in [6, 6.07) is 0. The number of nitrogens with one attached hydrogen (secondary N) is 1. The zero-order valence-corrected chi connectivity index (χ0v) is 8.36. The highest BCUT2D eigenvalue weighted by Gasteiger charge is 2.33. The van der Waals surface area contributed by atoms with Crippen molar-refractivity contribution in [2.45, 2.75) is 44.6 Å². The fourth-order valence-electron chi connectivity index (χ4n) is 2.03. The van der Waals surface area contributed by atoms with Gasteiger partial charge < -0.3 is 10.1 Å². The highest BCUT2D eigenvalue weighted by molar-refractivity contribution is 4.87. The average molecular weight is 171 g/mol. The molecule has 1 aliphatic rings. The molecule has 1 aliphatic carbocycles. The van der Waals surface area contributed by atoms with Crippen molar-refractivity contribution in [3.05, 3.63) is 0 Å². The number of rotatable bonds is 5. The van der Waals surface area contributed by atoms with Crippen LogP contribution in [0.1, 0.15) is 39.0 Å². The van der Waals surface area contributed by atoms with Crippen molar-refractivity contribution in [1.82, 2.24) is 5.32 Å². The Balaban J connectivity index is 2.35. The first kappa shape index (κ1) is 10.0. The summed E-state index contributed by atoms with van der Waals surface area (Å²) in [7, 11) is 2.01. The van der Waals surface area contributed by atoms with Gasteiger partial charge in [-0.2, -0.15) is 0 Å². The van der Waals surface area contributed by atoms with Gasteiger partial charge in [-0.3, -0.25) is 0 Å². The summed E-state index contributed by atoms with van der Waals surface area (Å²) >= 11 is 0. The Bertz CT molecular complexity index is 119. The number of hydrogen-bond acceptors (Lipinski definition) is 2. The van der Waals surface area contributed by atoms with Crippen LogP contribution in [-0.2, 0) is 4.74 Å². The van der Waals surface area contributed by atoms with Crippen molar-refractivity contribution >= 4 is 0 Å². The summed E-state index contributed by atoms with van der Waals surface area (Å²) in [4.78, 5) is 0. The molecule has 0 unspecified atom stereocenters. The Hall–Kier alpha value is -0.0800. The summed E-state index contributed by atoms with van der Waals surface area (Å²) in [6.07, 6.45) is 6.30. The van der Waals surface area contributed by atoms with Crippen LogP contribution < -0.4 is 5.32 Å². The molecule has 0 aromatic rings. The van der Waals surface area contributed by atoms with Crippen LogP contribution in [-0.4, -0.2) is 25.8 Å². The van der Waals surface area contributed by atoms with E-state index in [1.54, 1.807) is 0 Å². The highest BCUT2D eigenvalue weighted by atomic mass is 16.5. The lowest BCUT2D eigenvalue weighted by Crippen LogP contribution is -2.39. The molecule has 0 aliphatic heterocycles. The minimum Gasteiger partial charge on any atom is -0.374 e. The van der Waals surface area contributed by atoms with E-state index in [9.17, 15) is 0 Å². The van der Waals surface area contributed by atoms with E-state index in [0.29, 0.717) is 0 Å². The van der Waals surface area contributed by atoms with E-state index in [0.717, 1.165) is 19.6 Å². The van der Waals surface area contributed by atoms with E-state index in [1.165, 1.54) is 25.7 Å². The average Bonchev–Trinajstić information content (AvgIpc) is 2.51. The van der Waals surface area contributed by atoms with Gasteiger partial charge in [0, 0.05) is 13.2 Å². The van der Waals surface area contributed by atoms with E-state index in [4.69, 9.17) is 4.74 Å². The van der Waals surface area contributed by atoms with Crippen LogP contribution in [0.5, 0.6) is 0 Å². The molecule has 72 valence electrons. The SMILES string of the molecule is CCCOC1(CNC)CCCC1. The molecule has 2 nitrogen and oxygen atoms in total. The van der Waals surface area contributed by atoms with Crippen LogP contribution in [0, 0.1) is 0 Å². The molecule has 1 fully saturated rings. The van der Waals surface area contributed by atoms with Gasteiger partial charge in [0.15, 0.2) is 0 Å². The zero-order chi connectivity index (χ0) is 8.86. The number of likely N-dealkylation sites (N-methyl/N-ethyl adjacent to an activating group) is 1. The summed E-state index contributed by atoms with van der Waals surface area (Å²) < 4.78 is 5.92. The predicted octanol–water partition coefficient (Wildman–Crippen LogP) is 1.95. The third-order valence-electron chi connectivity index (χ3n) is 2.63. The second-order valence-corrected chi connectivity index (χ2v) is 3.77. The monoisotopic (exact) mass is 171 g/mol. The van der Waals surface area contributed by atoms with E-state index < -0.39 is 0 Å². The first-order valence-corrected chi connectivity index (χ1v) is 5.11. The number of ether oxygens (including phenoxy) is 1. The molecule has 0 atom stereocenters. The molecule has 0 amide bonds. The van der Waals surface area contributed by atoms with Crippen molar-refractivity contribution in [1.29, 1.82) is 0 Å². The first-order chi connectivity index (χ1) is 5.83. The van der Waals surface area contributed by atoms with Gasteiger partial charge in [-0.15, -0.1) is 0 Å². The topological polar surface area (TPSA) is 21.3 Å². The molecule has 1 rings (SSSR count). The van der Waals surface area contributed by atoms with Gasteiger partial charge >= 0.3 is 0 Å². The quantitative estimate of drug-likeness (QED) is 0.682. The maximum Gasteiger partial charge on any atom is 0.0806 e. The molecule has 0 saturated heterocycles. The largest absolute Gasteiger partial charge is 0.374 e. The minimum atomic E-state index is 0.185. The molecule has 0 radical (unpaired) electrons. The van der Waals surface area contributed by atoms with Crippen LogP contribution in [0.2, 0.25) is 0 Å². The molecule has 0 bridgehead atoms. The Kier molecular flexibility index (Phi) is 4.02. The molecule has 0 spiro atoms. The van der Waals surface area contributed by atoms with Crippen LogP contribution in [0.15, 0.2) is 0 Å². The van der Waals surface area contributed by atoms with Crippen LogP contribution in [0.3, 0.4) is 0 Å². The molecule has 12 heavy (non-hydrogen) atoms. The summed E-state index contributed by atoms with van der Waals surface area (Å²) in [5, 5.41) is 3.23. The molecule has 1 N–H and O–H groups in total. The van der Waals surface area contributed by atoms with E-state index >= 15 is 0 Å².